The highest BCUT2D eigenvalue weighted by Gasteiger charge is 2.32. The van der Waals surface area contributed by atoms with Gasteiger partial charge in [-0.05, 0) is 29.8 Å². The van der Waals surface area contributed by atoms with Crippen LogP contribution in [0, 0.1) is 10.1 Å². The Hall–Kier alpha value is -3.64. The molecular formula is C21H18N4O6S2. The van der Waals surface area contributed by atoms with Crippen LogP contribution in [-0.4, -0.2) is 52.9 Å². The fourth-order valence-electron chi connectivity index (χ4n) is 3.28. The molecular weight excluding hydrogens is 468 g/mol. The number of benzene rings is 2. The Labute approximate surface area is 198 Å². The summed E-state index contributed by atoms with van der Waals surface area (Å²) in [7, 11) is 1.62. The zero-order valence-corrected chi connectivity index (χ0v) is 19.0. The summed E-state index contributed by atoms with van der Waals surface area (Å²) in [6.45, 7) is 0.450. The van der Waals surface area contributed by atoms with Crippen molar-refractivity contribution >= 4 is 57.6 Å². The number of hydrogen-bond donors (Lipinski definition) is 2. The molecule has 0 radical (unpaired) electrons. The van der Waals surface area contributed by atoms with Crippen LogP contribution in [0.4, 0.5) is 11.4 Å². The molecule has 1 fully saturated rings. The summed E-state index contributed by atoms with van der Waals surface area (Å²) in [5, 5.41) is 16.5. The topological polar surface area (TPSA) is 123 Å². The predicted octanol–water partition coefficient (Wildman–Crippen LogP) is 3.00. The van der Waals surface area contributed by atoms with Crippen molar-refractivity contribution in [2.45, 2.75) is 0 Å². The average Bonchev–Trinajstić information content (AvgIpc) is 3.37. The van der Waals surface area contributed by atoms with Gasteiger partial charge in [-0.25, -0.2) is 0 Å². The number of amides is 2. The van der Waals surface area contributed by atoms with Crippen LogP contribution < -0.4 is 20.1 Å². The minimum absolute atomic E-state index is 0.119. The Bertz CT molecular complexity index is 1200. The van der Waals surface area contributed by atoms with Crippen LogP contribution in [-0.2, 0) is 4.79 Å². The largest absolute Gasteiger partial charge is 0.454 e. The van der Waals surface area contributed by atoms with Gasteiger partial charge in [0.2, 0.25) is 6.79 Å². The molecule has 2 aromatic carbocycles. The number of fused-ring (bicyclic) bond motifs is 1. The molecule has 2 aliphatic heterocycles. The molecule has 2 amide bonds. The first-order chi connectivity index (χ1) is 15.9. The highest BCUT2D eigenvalue weighted by Crippen LogP contribution is 2.36. The maximum absolute atomic E-state index is 12.8. The first kappa shape index (κ1) is 22.6. The van der Waals surface area contributed by atoms with Crippen LogP contribution in [0.1, 0.15) is 15.9 Å². The van der Waals surface area contributed by atoms with E-state index in [0.717, 1.165) is 5.56 Å². The third-order valence-electron chi connectivity index (χ3n) is 4.92. The number of thiocarbonyl (C=S) groups is 1. The summed E-state index contributed by atoms with van der Waals surface area (Å²) in [5.41, 5.74) is 1.18. The van der Waals surface area contributed by atoms with Gasteiger partial charge in [-0.3, -0.25) is 24.6 Å². The molecule has 0 aromatic heterocycles. The average molecular weight is 487 g/mol. The number of hydrogen-bond acceptors (Lipinski definition) is 9. The molecule has 170 valence electrons. The molecule has 2 N–H and O–H groups in total. The maximum atomic E-state index is 12.8. The van der Waals surface area contributed by atoms with Crippen molar-refractivity contribution in [1.29, 1.82) is 0 Å². The minimum Gasteiger partial charge on any atom is -0.454 e. The van der Waals surface area contributed by atoms with Gasteiger partial charge in [0, 0.05) is 38.0 Å². The number of carbonyl (C=O) groups is 2. The van der Waals surface area contributed by atoms with Crippen molar-refractivity contribution in [2.75, 3.05) is 32.2 Å². The van der Waals surface area contributed by atoms with Gasteiger partial charge in [-0.15, -0.1) is 0 Å². The molecule has 0 spiro atoms. The predicted molar refractivity (Wildman–Crippen MR) is 127 cm³/mol. The zero-order chi connectivity index (χ0) is 23.5. The van der Waals surface area contributed by atoms with Gasteiger partial charge in [0.15, 0.2) is 11.5 Å². The van der Waals surface area contributed by atoms with Crippen LogP contribution in [0.3, 0.4) is 0 Å². The summed E-state index contributed by atoms with van der Waals surface area (Å²) < 4.78 is 11.0. The Kier molecular flexibility index (Phi) is 6.47. The summed E-state index contributed by atoms with van der Waals surface area (Å²) >= 11 is 6.51. The summed E-state index contributed by atoms with van der Waals surface area (Å²) in [5.74, 6) is 0.511. The number of carbonyl (C=O) groups excluding carboxylic acids is 2. The van der Waals surface area contributed by atoms with Gasteiger partial charge >= 0.3 is 0 Å². The van der Waals surface area contributed by atoms with E-state index in [1.54, 1.807) is 25.3 Å². The molecule has 0 unspecified atom stereocenters. The van der Waals surface area contributed by atoms with Crippen molar-refractivity contribution in [1.82, 2.24) is 10.2 Å². The Morgan fingerprint density at radius 3 is 2.82 bits per heavy atom. The number of ether oxygens (including phenoxy) is 2. The number of nitro benzene ring substituents is 1. The lowest BCUT2D eigenvalue weighted by Gasteiger charge is -2.15. The van der Waals surface area contributed by atoms with Gasteiger partial charge in [-0.1, -0.05) is 30.0 Å². The van der Waals surface area contributed by atoms with Crippen LogP contribution in [0.15, 0.2) is 41.3 Å². The van der Waals surface area contributed by atoms with Gasteiger partial charge in [0.1, 0.15) is 4.32 Å². The normalized spacial score (nSPS) is 15.8. The van der Waals surface area contributed by atoms with E-state index in [1.807, 2.05) is 6.07 Å². The van der Waals surface area contributed by atoms with E-state index in [0.29, 0.717) is 26.4 Å². The Balaban J connectivity index is 1.40. The van der Waals surface area contributed by atoms with E-state index in [4.69, 9.17) is 21.7 Å². The first-order valence-corrected chi connectivity index (χ1v) is 11.0. The molecule has 1 saturated heterocycles. The number of rotatable bonds is 7. The smallest absolute Gasteiger partial charge is 0.270 e. The molecule has 2 aliphatic rings. The number of thioether (sulfide) groups is 1. The van der Waals surface area contributed by atoms with Crippen LogP contribution >= 0.6 is 24.0 Å². The number of nitrogens with zero attached hydrogens (tertiary/aromatic N) is 2. The minimum atomic E-state index is -0.567. The maximum Gasteiger partial charge on any atom is 0.270 e. The third kappa shape index (κ3) is 4.76. The van der Waals surface area contributed by atoms with E-state index >= 15 is 0 Å². The van der Waals surface area contributed by atoms with E-state index < -0.39 is 10.8 Å². The molecule has 0 atom stereocenters. The lowest BCUT2D eigenvalue weighted by molar-refractivity contribution is -0.384. The van der Waals surface area contributed by atoms with Gasteiger partial charge in [0.05, 0.1) is 15.4 Å². The molecule has 10 nitrogen and oxygen atoms in total. The van der Waals surface area contributed by atoms with Gasteiger partial charge in [0.25, 0.3) is 17.5 Å². The second kappa shape index (κ2) is 9.46. The molecule has 2 aromatic rings. The zero-order valence-electron chi connectivity index (χ0n) is 17.3. The van der Waals surface area contributed by atoms with Crippen molar-refractivity contribution in [3.8, 4) is 11.5 Å². The number of non-ortho nitro benzene ring substituents is 1. The Morgan fingerprint density at radius 1 is 1.27 bits per heavy atom. The number of anilines is 1. The molecule has 0 aliphatic carbocycles. The number of nitro groups is 1. The highest BCUT2D eigenvalue weighted by molar-refractivity contribution is 8.26. The van der Waals surface area contributed by atoms with Crippen molar-refractivity contribution in [3.63, 3.8) is 0 Å². The van der Waals surface area contributed by atoms with E-state index in [-0.39, 0.29) is 37.0 Å². The van der Waals surface area contributed by atoms with Crippen LogP contribution in [0.2, 0.25) is 0 Å². The second-order valence-electron chi connectivity index (χ2n) is 6.94. The van der Waals surface area contributed by atoms with E-state index in [2.05, 4.69) is 10.6 Å². The monoisotopic (exact) mass is 486 g/mol. The molecule has 12 heteroatoms. The molecule has 0 saturated carbocycles. The standard InChI is InChI=1S/C21H18N4O6S2/c1-22-15-4-3-13(25(28)29)10-14(15)19(26)23-6-7-24-20(27)18(33-21(24)32)9-12-2-5-16-17(8-12)31-11-30-16/h2-5,8-10,22H,6-7,11H2,1H3,(H,23,26)/b18-9+. The summed E-state index contributed by atoms with van der Waals surface area (Å²) in [6.07, 6.45) is 1.72. The van der Waals surface area contributed by atoms with Gasteiger partial charge < -0.3 is 20.1 Å². The third-order valence-corrected chi connectivity index (χ3v) is 6.29. The number of nitrogens with one attached hydrogen (secondary N) is 2. The Morgan fingerprint density at radius 2 is 2.06 bits per heavy atom. The van der Waals surface area contributed by atoms with E-state index in [9.17, 15) is 19.7 Å². The first-order valence-electron chi connectivity index (χ1n) is 9.77. The van der Waals surface area contributed by atoms with E-state index in [1.165, 1.54) is 34.9 Å². The molecule has 4 rings (SSSR count). The van der Waals surface area contributed by atoms with Crippen molar-refractivity contribution in [3.05, 3.63) is 62.5 Å². The molecule has 33 heavy (non-hydrogen) atoms. The fraction of sp³-hybridized carbons (Fsp3) is 0.190. The molecule has 2 heterocycles. The summed E-state index contributed by atoms with van der Waals surface area (Å²) in [6, 6.07) is 9.37. The van der Waals surface area contributed by atoms with Crippen molar-refractivity contribution < 1.29 is 24.0 Å². The lowest BCUT2D eigenvalue weighted by Crippen LogP contribution is -2.37. The second-order valence-corrected chi connectivity index (χ2v) is 8.61. The molecule has 0 bridgehead atoms. The van der Waals surface area contributed by atoms with Crippen LogP contribution in [0.5, 0.6) is 11.5 Å². The fourth-order valence-corrected chi connectivity index (χ4v) is 4.58. The highest BCUT2D eigenvalue weighted by atomic mass is 32.2. The van der Waals surface area contributed by atoms with Crippen molar-refractivity contribution in [2.24, 2.45) is 0 Å². The van der Waals surface area contributed by atoms with Gasteiger partial charge in [-0.2, -0.15) is 0 Å². The quantitative estimate of drug-likeness (QED) is 0.263. The SMILES string of the molecule is CNc1ccc([N+](=O)[O-])cc1C(=O)NCCN1C(=O)/C(=C\c2ccc3c(c2)OCO3)SC1=S. The van der Waals surface area contributed by atoms with Crippen LogP contribution in [0.25, 0.3) is 6.08 Å². The lowest BCUT2D eigenvalue weighted by atomic mass is 10.1. The summed E-state index contributed by atoms with van der Waals surface area (Å²) in [4.78, 5) is 37.7.